The molecule has 2 N–H and O–H groups in total. The number of ether oxygens (including phenoxy) is 1. The first kappa shape index (κ1) is 30.9. The maximum atomic E-state index is 13.2. The van der Waals surface area contributed by atoms with Gasteiger partial charge in [0.15, 0.2) is 0 Å². The van der Waals surface area contributed by atoms with Crippen molar-refractivity contribution in [2.75, 3.05) is 14.2 Å². The van der Waals surface area contributed by atoms with Crippen molar-refractivity contribution in [2.45, 2.75) is 48.8 Å². The number of carboxylic acid groups (broad SMARTS) is 1. The summed E-state index contributed by atoms with van der Waals surface area (Å²) in [6, 6.07) is 23.5. The van der Waals surface area contributed by atoms with Gasteiger partial charge in [-0.1, -0.05) is 84.9 Å². The minimum absolute atomic E-state index is 0.00513. The summed E-state index contributed by atoms with van der Waals surface area (Å²) in [7, 11) is -0.619. The zero-order valence-corrected chi connectivity index (χ0v) is 24.8. The Hall–Kier alpha value is -4.05. The van der Waals surface area contributed by atoms with E-state index in [-0.39, 0.29) is 29.6 Å². The van der Waals surface area contributed by atoms with Crippen LogP contribution in [0.1, 0.15) is 36.0 Å². The molecule has 0 aromatic heterocycles. The molecule has 0 heterocycles. The molecule has 0 radical (unpaired) electrons. The Kier molecular flexibility index (Phi) is 9.78. The number of allylic oxidation sites excluding steroid dienone is 1. The molecule has 42 heavy (non-hydrogen) atoms. The molecule has 9 heteroatoms. The zero-order chi connectivity index (χ0) is 30.3. The van der Waals surface area contributed by atoms with Crippen molar-refractivity contribution in [3.05, 3.63) is 125 Å². The molecule has 0 saturated heterocycles. The smallest absolute Gasteiger partial charge is 0.322 e. The van der Waals surface area contributed by atoms with E-state index in [4.69, 9.17) is 4.74 Å². The highest BCUT2D eigenvalue weighted by Crippen LogP contribution is 2.38. The lowest BCUT2D eigenvalue weighted by molar-refractivity contribution is -0.139. The van der Waals surface area contributed by atoms with Crippen molar-refractivity contribution < 1.29 is 27.9 Å². The summed E-state index contributed by atoms with van der Waals surface area (Å²) in [5.74, 6) is -1.33. The second-order valence-electron chi connectivity index (χ2n) is 10.6. The number of methoxy groups -OCH3 is 1. The van der Waals surface area contributed by atoms with Crippen LogP contribution in [0.3, 0.4) is 0 Å². The van der Waals surface area contributed by atoms with Crippen LogP contribution in [0.2, 0.25) is 0 Å². The lowest BCUT2D eigenvalue weighted by atomic mass is 9.78. The maximum absolute atomic E-state index is 13.2. The first-order valence-corrected chi connectivity index (χ1v) is 15.1. The zero-order valence-electron chi connectivity index (χ0n) is 23.9. The van der Waals surface area contributed by atoms with Gasteiger partial charge in [-0.3, -0.25) is 9.59 Å². The predicted octanol–water partition coefficient (Wildman–Crippen LogP) is 4.69. The fourth-order valence-electron chi connectivity index (χ4n) is 5.11. The van der Waals surface area contributed by atoms with Gasteiger partial charge in [0.25, 0.3) is 0 Å². The highest BCUT2D eigenvalue weighted by Gasteiger charge is 2.34. The summed E-state index contributed by atoms with van der Waals surface area (Å²) in [5.41, 5.74) is 2.85. The molecule has 3 aromatic carbocycles. The summed E-state index contributed by atoms with van der Waals surface area (Å²) in [6.07, 6.45) is 6.22. The third-order valence-electron chi connectivity index (χ3n) is 7.47. The number of hydrogen-bond acceptors (Lipinski definition) is 5. The van der Waals surface area contributed by atoms with E-state index >= 15 is 0 Å². The minimum Gasteiger partial charge on any atom is -0.480 e. The van der Waals surface area contributed by atoms with E-state index in [0.717, 1.165) is 16.7 Å². The number of carboxylic acids is 1. The van der Waals surface area contributed by atoms with Crippen molar-refractivity contribution >= 4 is 21.9 Å². The number of sulfonamides is 1. The number of aliphatic carboxylic acids is 1. The van der Waals surface area contributed by atoms with Crippen LogP contribution >= 0.6 is 0 Å². The van der Waals surface area contributed by atoms with Crippen LogP contribution in [0.5, 0.6) is 0 Å². The molecule has 0 spiro atoms. The van der Waals surface area contributed by atoms with Gasteiger partial charge in [-0.15, -0.1) is 0 Å². The van der Waals surface area contributed by atoms with Gasteiger partial charge in [0.05, 0.1) is 16.9 Å². The molecule has 3 atom stereocenters. The molecule has 0 aliphatic heterocycles. The Labute approximate surface area is 247 Å². The summed E-state index contributed by atoms with van der Waals surface area (Å²) < 4.78 is 33.6. The van der Waals surface area contributed by atoms with E-state index in [2.05, 4.69) is 22.9 Å². The van der Waals surface area contributed by atoms with Gasteiger partial charge in [-0.05, 0) is 53.8 Å². The molecule has 0 bridgehead atoms. The first-order chi connectivity index (χ1) is 20.0. The molecule has 0 fully saturated rings. The Morgan fingerprint density at radius 2 is 1.64 bits per heavy atom. The van der Waals surface area contributed by atoms with Gasteiger partial charge in [-0.2, -0.15) is 4.72 Å². The SMILES string of the molecule is COC1(C)C=C(CC(=O)N(C)Cc2cccc(CC(NS(=O)(=O)c3ccccc3)C(=O)O)c2)C=CC1c1ccccc1. The van der Waals surface area contributed by atoms with E-state index in [9.17, 15) is 23.1 Å². The molecule has 1 amide bonds. The van der Waals surface area contributed by atoms with Crippen LogP contribution < -0.4 is 4.72 Å². The number of nitrogens with one attached hydrogen (secondary N) is 1. The quantitative estimate of drug-likeness (QED) is 0.317. The molecule has 3 unspecified atom stereocenters. The molecule has 1 aliphatic carbocycles. The number of rotatable bonds is 12. The van der Waals surface area contributed by atoms with Crippen LogP contribution in [0, 0.1) is 0 Å². The van der Waals surface area contributed by atoms with Gasteiger partial charge in [0.2, 0.25) is 15.9 Å². The van der Waals surface area contributed by atoms with Crippen molar-refractivity contribution in [1.82, 2.24) is 9.62 Å². The minimum atomic E-state index is -4.01. The summed E-state index contributed by atoms with van der Waals surface area (Å²) in [5, 5.41) is 9.72. The van der Waals surface area contributed by atoms with Gasteiger partial charge in [0, 0.05) is 26.6 Å². The highest BCUT2D eigenvalue weighted by molar-refractivity contribution is 7.89. The average molecular weight is 589 g/mol. The lowest BCUT2D eigenvalue weighted by Crippen LogP contribution is -2.42. The number of carbonyl (C=O) groups excluding carboxylic acids is 1. The summed E-state index contributed by atoms with van der Waals surface area (Å²) in [6.45, 7) is 2.32. The number of hydrogen-bond donors (Lipinski definition) is 2. The Bertz CT molecular complexity index is 1570. The standard InChI is InChI=1S/C33H36N2O6S/c1-33(41-3)22-25(17-18-29(33)27-13-6-4-7-14-27)21-31(36)35(2)23-26-12-10-11-24(19-26)20-30(32(37)38)34-42(39,40)28-15-8-5-9-16-28/h4-19,22,29-30,34H,20-21,23H2,1-3H3,(H,37,38). The van der Waals surface area contributed by atoms with Gasteiger partial charge < -0.3 is 14.7 Å². The van der Waals surface area contributed by atoms with E-state index in [1.54, 1.807) is 55.5 Å². The molecule has 3 aromatic rings. The third kappa shape index (κ3) is 7.61. The van der Waals surface area contributed by atoms with E-state index in [1.807, 2.05) is 43.3 Å². The van der Waals surface area contributed by atoms with Crippen molar-refractivity contribution in [3.63, 3.8) is 0 Å². The number of carbonyl (C=O) groups is 2. The van der Waals surface area contributed by atoms with Crippen molar-refractivity contribution in [1.29, 1.82) is 0 Å². The number of benzene rings is 3. The van der Waals surface area contributed by atoms with E-state index < -0.39 is 27.6 Å². The molecule has 0 saturated carbocycles. The monoisotopic (exact) mass is 588 g/mol. The van der Waals surface area contributed by atoms with Gasteiger partial charge >= 0.3 is 5.97 Å². The van der Waals surface area contributed by atoms with Crippen LogP contribution in [0.25, 0.3) is 0 Å². The van der Waals surface area contributed by atoms with Crippen LogP contribution in [-0.4, -0.2) is 56.1 Å². The Morgan fingerprint density at radius 1 is 1.00 bits per heavy atom. The Morgan fingerprint density at radius 3 is 2.29 bits per heavy atom. The van der Waals surface area contributed by atoms with Crippen LogP contribution in [0.15, 0.2) is 114 Å². The fraction of sp³-hybridized carbons (Fsp3) is 0.273. The molecular formula is C33H36N2O6S. The molecular weight excluding hydrogens is 552 g/mol. The number of nitrogens with zero attached hydrogens (tertiary/aromatic N) is 1. The van der Waals surface area contributed by atoms with Gasteiger partial charge in [0.1, 0.15) is 6.04 Å². The van der Waals surface area contributed by atoms with Gasteiger partial charge in [-0.25, -0.2) is 8.42 Å². The summed E-state index contributed by atoms with van der Waals surface area (Å²) >= 11 is 0. The maximum Gasteiger partial charge on any atom is 0.322 e. The van der Waals surface area contributed by atoms with Crippen LogP contribution in [-0.2, 0) is 37.3 Å². The molecule has 4 rings (SSSR count). The second-order valence-corrected chi connectivity index (χ2v) is 12.3. The molecule has 8 nitrogen and oxygen atoms in total. The predicted molar refractivity (Wildman–Crippen MR) is 161 cm³/mol. The molecule has 1 aliphatic rings. The number of amides is 1. The van der Waals surface area contributed by atoms with E-state index in [0.29, 0.717) is 12.1 Å². The largest absolute Gasteiger partial charge is 0.480 e. The normalized spacial score (nSPS) is 19.1. The lowest BCUT2D eigenvalue weighted by Gasteiger charge is -2.36. The van der Waals surface area contributed by atoms with Crippen molar-refractivity contribution in [3.8, 4) is 0 Å². The first-order valence-electron chi connectivity index (χ1n) is 13.6. The topological polar surface area (TPSA) is 113 Å². The Balaban J connectivity index is 1.40. The van der Waals surface area contributed by atoms with E-state index in [1.165, 1.54) is 12.1 Å². The summed E-state index contributed by atoms with van der Waals surface area (Å²) in [4.78, 5) is 26.7. The molecule has 220 valence electrons. The average Bonchev–Trinajstić information content (AvgIpc) is 2.98. The second kappa shape index (κ2) is 13.3. The fourth-order valence-corrected chi connectivity index (χ4v) is 6.32. The highest BCUT2D eigenvalue weighted by atomic mass is 32.2. The van der Waals surface area contributed by atoms with Crippen LogP contribution in [0.4, 0.5) is 0 Å². The van der Waals surface area contributed by atoms with Crippen molar-refractivity contribution in [2.24, 2.45) is 0 Å². The third-order valence-corrected chi connectivity index (χ3v) is 8.96.